The minimum absolute atomic E-state index is 0.0243. The van der Waals surface area contributed by atoms with Crippen LogP contribution in [0.5, 0.6) is 0 Å². The molecule has 0 aliphatic heterocycles. The first-order valence-corrected chi connectivity index (χ1v) is 15.7. The van der Waals surface area contributed by atoms with Crippen molar-refractivity contribution in [3.63, 3.8) is 0 Å². The van der Waals surface area contributed by atoms with Crippen molar-refractivity contribution in [2.45, 2.75) is 18.0 Å². The summed E-state index contributed by atoms with van der Waals surface area (Å²) < 4.78 is 36.5. The molecule has 43 heavy (non-hydrogen) atoms. The smallest absolute Gasteiger partial charge is 0.356 e. The van der Waals surface area contributed by atoms with Gasteiger partial charge in [0.2, 0.25) is 0 Å². The number of carbonyl (C=O) groups excluding carboxylic acids is 2. The summed E-state index contributed by atoms with van der Waals surface area (Å²) in [6, 6.07) is 23.6. The number of rotatable bonds is 8. The fraction of sp³-hybridized carbons (Fsp3) is 0.125. The molecule has 0 unspecified atom stereocenters. The lowest BCUT2D eigenvalue weighted by Gasteiger charge is -2.20. The second-order valence-electron chi connectivity index (χ2n) is 9.70. The molecule has 0 atom stereocenters. The standard InChI is InChI=1S/C32H25BrN2O7S/c1-41-31(37)27-16-21(14-15-34-27)19-42-32(38)29-28(22-6-4-3-5-7-22)26-17-23(33)10-13-25(26)30(36)35(29)18-20-8-11-24(12-9-20)43(2,39)40/h3-17H,18-19H2,1-2H3. The quantitative estimate of drug-likeness (QED) is 0.202. The largest absolute Gasteiger partial charge is 0.464 e. The highest BCUT2D eigenvalue weighted by atomic mass is 79.9. The van der Waals surface area contributed by atoms with Crippen LogP contribution in [0.25, 0.3) is 21.9 Å². The molecule has 0 aliphatic rings. The van der Waals surface area contributed by atoms with Crippen LogP contribution in [0.1, 0.15) is 32.1 Å². The summed E-state index contributed by atoms with van der Waals surface area (Å²) in [5, 5.41) is 0.946. The Kier molecular flexibility index (Phi) is 8.56. The molecule has 5 rings (SSSR count). The Morgan fingerprint density at radius 2 is 1.60 bits per heavy atom. The number of nitrogens with zero attached hydrogens (tertiary/aromatic N) is 2. The zero-order valence-electron chi connectivity index (χ0n) is 23.1. The van der Waals surface area contributed by atoms with Crippen LogP contribution in [-0.2, 0) is 32.5 Å². The molecule has 0 bridgehead atoms. The summed E-state index contributed by atoms with van der Waals surface area (Å²) in [6.07, 6.45) is 2.53. The lowest BCUT2D eigenvalue weighted by atomic mass is 9.96. The van der Waals surface area contributed by atoms with Crippen LogP contribution >= 0.6 is 15.9 Å². The zero-order valence-corrected chi connectivity index (χ0v) is 25.5. The predicted octanol–water partition coefficient (Wildman–Crippen LogP) is 5.42. The molecule has 0 saturated carbocycles. The van der Waals surface area contributed by atoms with Gasteiger partial charge in [-0.2, -0.15) is 0 Å². The van der Waals surface area contributed by atoms with Crippen LogP contribution in [0.2, 0.25) is 0 Å². The van der Waals surface area contributed by atoms with Gasteiger partial charge in [-0.15, -0.1) is 0 Å². The molecule has 0 radical (unpaired) electrons. The van der Waals surface area contributed by atoms with Gasteiger partial charge < -0.3 is 9.47 Å². The number of hydrogen-bond donors (Lipinski definition) is 0. The summed E-state index contributed by atoms with van der Waals surface area (Å²) in [5.41, 5.74) is 1.96. The number of fused-ring (bicyclic) bond motifs is 1. The molecule has 0 amide bonds. The lowest BCUT2D eigenvalue weighted by molar-refractivity contribution is 0.0460. The van der Waals surface area contributed by atoms with E-state index in [-0.39, 0.29) is 29.4 Å². The van der Waals surface area contributed by atoms with Crippen molar-refractivity contribution in [2.75, 3.05) is 13.4 Å². The van der Waals surface area contributed by atoms with Crippen LogP contribution in [0.3, 0.4) is 0 Å². The molecule has 11 heteroatoms. The highest BCUT2D eigenvalue weighted by molar-refractivity contribution is 9.10. The van der Waals surface area contributed by atoms with Gasteiger partial charge in [-0.3, -0.25) is 9.36 Å². The minimum Gasteiger partial charge on any atom is -0.464 e. The van der Waals surface area contributed by atoms with Crippen molar-refractivity contribution < 1.29 is 27.5 Å². The zero-order chi connectivity index (χ0) is 30.7. The van der Waals surface area contributed by atoms with Gasteiger partial charge in [0.05, 0.1) is 18.6 Å². The normalized spacial score (nSPS) is 11.3. The molecule has 0 fully saturated rings. The van der Waals surface area contributed by atoms with Crippen LogP contribution < -0.4 is 5.56 Å². The summed E-state index contributed by atoms with van der Waals surface area (Å²) in [7, 11) is -2.18. The summed E-state index contributed by atoms with van der Waals surface area (Å²) >= 11 is 3.49. The molecular formula is C32H25BrN2O7S. The van der Waals surface area contributed by atoms with E-state index in [4.69, 9.17) is 9.47 Å². The number of sulfone groups is 1. The number of halogens is 1. The highest BCUT2D eigenvalue weighted by Crippen LogP contribution is 2.33. The van der Waals surface area contributed by atoms with Crippen molar-refractivity contribution in [1.29, 1.82) is 0 Å². The van der Waals surface area contributed by atoms with Gasteiger partial charge in [0.1, 0.15) is 18.0 Å². The van der Waals surface area contributed by atoms with Crippen LogP contribution in [0, 0.1) is 0 Å². The summed E-state index contributed by atoms with van der Waals surface area (Å²) in [6.45, 7) is -0.228. The van der Waals surface area contributed by atoms with Gasteiger partial charge in [0.25, 0.3) is 5.56 Å². The Bertz CT molecular complexity index is 2020. The molecule has 2 heterocycles. The van der Waals surface area contributed by atoms with E-state index in [1.54, 1.807) is 36.4 Å². The first-order valence-electron chi connectivity index (χ1n) is 13.0. The predicted molar refractivity (Wildman–Crippen MR) is 165 cm³/mol. The van der Waals surface area contributed by atoms with Crippen molar-refractivity contribution in [2.24, 2.45) is 0 Å². The average Bonchev–Trinajstić information content (AvgIpc) is 3.01. The Morgan fingerprint density at radius 1 is 0.884 bits per heavy atom. The SMILES string of the molecule is COC(=O)c1cc(COC(=O)c2c(-c3ccccc3)c3cc(Br)ccc3c(=O)n2Cc2ccc(S(C)(=O)=O)cc2)ccn1. The second kappa shape index (κ2) is 12.3. The molecule has 5 aromatic rings. The maximum absolute atomic E-state index is 14.0. The molecule has 0 spiro atoms. The number of benzene rings is 3. The summed E-state index contributed by atoms with van der Waals surface area (Å²) in [5.74, 6) is -1.39. The van der Waals surface area contributed by atoms with Gasteiger partial charge in [0, 0.05) is 27.9 Å². The van der Waals surface area contributed by atoms with Crippen LogP contribution in [0.15, 0.2) is 105 Å². The first-order chi connectivity index (χ1) is 20.6. The van der Waals surface area contributed by atoms with Crippen LogP contribution in [-0.4, -0.2) is 43.3 Å². The summed E-state index contributed by atoms with van der Waals surface area (Å²) in [4.78, 5) is 44.0. The van der Waals surface area contributed by atoms with E-state index in [0.29, 0.717) is 33.0 Å². The van der Waals surface area contributed by atoms with Gasteiger partial charge in [-0.1, -0.05) is 58.4 Å². The Labute approximate surface area is 255 Å². The first kappa shape index (κ1) is 29.9. The third-order valence-electron chi connectivity index (χ3n) is 6.77. The Morgan fingerprint density at radius 3 is 2.28 bits per heavy atom. The van der Waals surface area contributed by atoms with Crippen molar-refractivity contribution in [1.82, 2.24) is 9.55 Å². The number of carbonyl (C=O) groups is 2. The van der Waals surface area contributed by atoms with Gasteiger partial charge >= 0.3 is 11.9 Å². The van der Waals surface area contributed by atoms with Gasteiger partial charge in [-0.05, 0) is 64.5 Å². The van der Waals surface area contributed by atoms with E-state index in [0.717, 1.165) is 10.7 Å². The third-order valence-corrected chi connectivity index (χ3v) is 8.39. The molecular weight excluding hydrogens is 636 g/mol. The molecule has 0 N–H and O–H groups in total. The van der Waals surface area contributed by atoms with Crippen molar-refractivity contribution in [3.8, 4) is 11.1 Å². The third kappa shape index (κ3) is 6.42. The number of ether oxygens (including phenoxy) is 2. The van der Waals surface area contributed by atoms with E-state index < -0.39 is 27.3 Å². The molecule has 3 aromatic carbocycles. The van der Waals surface area contributed by atoms with Crippen molar-refractivity contribution in [3.05, 3.63) is 128 Å². The van der Waals surface area contributed by atoms with E-state index in [1.165, 1.54) is 36.1 Å². The number of esters is 2. The van der Waals surface area contributed by atoms with E-state index >= 15 is 0 Å². The number of aromatic nitrogens is 2. The second-order valence-corrected chi connectivity index (χ2v) is 12.6. The highest BCUT2D eigenvalue weighted by Gasteiger charge is 2.25. The molecule has 0 aliphatic carbocycles. The Balaban J connectivity index is 1.68. The fourth-order valence-electron chi connectivity index (χ4n) is 4.70. The van der Waals surface area contributed by atoms with Gasteiger partial charge in [-0.25, -0.2) is 23.0 Å². The maximum atomic E-state index is 14.0. The number of pyridine rings is 2. The fourth-order valence-corrected chi connectivity index (χ4v) is 5.69. The van der Waals surface area contributed by atoms with Crippen LogP contribution in [0.4, 0.5) is 0 Å². The molecule has 218 valence electrons. The molecule has 2 aromatic heterocycles. The maximum Gasteiger partial charge on any atom is 0.356 e. The monoisotopic (exact) mass is 660 g/mol. The van der Waals surface area contributed by atoms with E-state index in [9.17, 15) is 22.8 Å². The number of methoxy groups -OCH3 is 1. The molecule has 0 saturated heterocycles. The topological polar surface area (TPSA) is 122 Å². The van der Waals surface area contributed by atoms with Gasteiger partial charge in [0.15, 0.2) is 9.84 Å². The van der Waals surface area contributed by atoms with E-state index in [1.807, 2.05) is 30.3 Å². The van der Waals surface area contributed by atoms with E-state index in [2.05, 4.69) is 20.9 Å². The number of hydrogen-bond acceptors (Lipinski definition) is 8. The minimum atomic E-state index is -3.42. The molecule has 9 nitrogen and oxygen atoms in total. The average molecular weight is 662 g/mol. The lowest BCUT2D eigenvalue weighted by Crippen LogP contribution is -2.29. The Hall–Kier alpha value is -4.61. The van der Waals surface area contributed by atoms with Crippen molar-refractivity contribution >= 4 is 48.5 Å².